The molecule has 2 amide bonds. The van der Waals surface area contributed by atoms with Gasteiger partial charge in [-0.05, 0) is 43.1 Å². The summed E-state index contributed by atoms with van der Waals surface area (Å²) < 4.78 is 0. The molecule has 1 aliphatic rings. The van der Waals surface area contributed by atoms with Gasteiger partial charge in [-0.15, -0.1) is 0 Å². The van der Waals surface area contributed by atoms with Crippen LogP contribution in [0.5, 0.6) is 0 Å². The molecule has 0 aromatic heterocycles. The number of piperazine rings is 1. The normalized spacial score (nSPS) is 15.1. The maximum absolute atomic E-state index is 12.4. The number of halogens is 2. The molecule has 1 saturated heterocycles. The van der Waals surface area contributed by atoms with Gasteiger partial charge in [0.05, 0.1) is 10.7 Å². The lowest BCUT2D eigenvalue weighted by atomic mass is 10.1. The molecule has 0 radical (unpaired) electrons. The molecule has 138 valence electrons. The largest absolute Gasteiger partial charge is 0.322 e. The number of benzene rings is 2. The number of aryl methyl sites for hydroxylation is 1. The Morgan fingerprint density at radius 2 is 1.73 bits per heavy atom. The smallest absolute Gasteiger partial charge is 0.321 e. The second-order valence-corrected chi connectivity index (χ2v) is 7.32. The molecule has 26 heavy (non-hydrogen) atoms. The lowest BCUT2D eigenvalue weighted by molar-refractivity contribution is 0.146. The first-order valence-electron chi connectivity index (χ1n) is 8.89. The van der Waals surface area contributed by atoms with E-state index in [9.17, 15) is 4.79 Å². The second-order valence-electron chi connectivity index (χ2n) is 6.47. The highest BCUT2D eigenvalue weighted by atomic mass is 35.5. The van der Waals surface area contributed by atoms with Gasteiger partial charge in [-0.3, -0.25) is 4.90 Å². The maximum atomic E-state index is 12.4. The Kier molecular flexibility index (Phi) is 6.78. The van der Waals surface area contributed by atoms with Crippen molar-refractivity contribution in [1.29, 1.82) is 0 Å². The molecular formula is C20H23Cl2N3O. The molecule has 1 heterocycles. The Bertz CT molecular complexity index is 731. The van der Waals surface area contributed by atoms with Gasteiger partial charge in [-0.1, -0.05) is 53.5 Å². The highest BCUT2D eigenvalue weighted by molar-refractivity contribution is 6.36. The second kappa shape index (κ2) is 9.26. The van der Waals surface area contributed by atoms with Crippen molar-refractivity contribution in [2.75, 3.05) is 38.0 Å². The van der Waals surface area contributed by atoms with Crippen LogP contribution in [0.2, 0.25) is 10.0 Å². The first-order valence-corrected chi connectivity index (χ1v) is 9.65. The quantitative estimate of drug-likeness (QED) is 0.795. The number of carbonyl (C=O) groups is 1. The summed E-state index contributed by atoms with van der Waals surface area (Å²) >= 11 is 12.0. The molecule has 1 N–H and O–H groups in total. The molecule has 0 bridgehead atoms. The summed E-state index contributed by atoms with van der Waals surface area (Å²) in [6.45, 7) is 4.31. The molecule has 6 heteroatoms. The summed E-state index contributed by atoms with van der Waals surface area (Å²) in [7, 11) is 0. The van der Waals surface area contributed by atoms with E-state index >= 15 is 0 Å². The van der Waals surface area contributed by atoms with E-state index in [1.807, 2.05) is 11.0 Å². The number of hydrogen-bond donors (Lipinski definition) is 1. The van der Waals surface area contributed by atoms with Crippen molar-refractivity contribution in [3.63, 3.8) is 0 Å². The summed E-state index contributed by atoms with van der Waals surface area (Å²) in [4.78, 5) is 16.7. The van der Waals surface area contributed by atoms with Crippen LogP contribution in [0.15, 0.2) is 48.5 Å². The van der Waals surface area contributed by atoms with Crippen LogP contribution in [0.4, 0.5) is 10.5 Å². The first-order chi connectivity index (χ1) is 12.6. The number of carbonyl (C=O) groups excluding carboxylic acids is 1. The van der Waals surface area contributed by atoms with Crippen molar-refractivity contribution >= 4 is 34.9 Å². The molecule has 0 atom stereocenters. The summed E-state index contributed by atoms with van der Waals surface area (Å²) in [6.07, 6.45) is 2.23. The topological polar surface area (TPSA) is 35.6 Å². The van der Waals surface area contributed by atoms with Gasteiger partial charge in [0, 0.05) is 31.2 Å². The van der Waals surface area contributed by atoms with Crippen molar-refractivity contribution < 1.29 is 4.79 Å². The summed E-state index contributed by atoms with van der Waals surface area (Å²) in [5.41, 5.74) is 1.97. The Morgan fingerprint density at radius 3 is 2.42 bits per heavy atom. The summed E-state index contributed by atoms with van der Waals surface area (Å²) in [5, 5.41) is 3.87. The van der Waals surface area contributed by atoms with E-state index in [1.165, 1.54) is 5.56 Å². The third kappa shape index (κ3) is 5.37. The molecular weight excluding hydrogens is 369 g/mol. The van der Waals surface area contributed by atoms with E-state index in [-0.39, 0.29) is 6.03 Å². The van der Waals surface area contributed by atoms with Crippen molar-refractivity contribution in [2.45, 2.75) is 12.8 Å². The number of hydrogen-bond acceptors (Lipinski definition) is 2. The lowest BCUT2D eigenvalue weighted by Gasteiger charge is -2.34. The zero-order chi connectivity index (χ0) is 18.4. The van der Waals surface area contributed by atoms with Gasteiger partial charge in [0.25, 0.3) is 0 Å². The zero-order valence-electron chi connectivity index (χ0n) is 14.6. The first kappa shape index (κ1) is 19.0. The van der Waals surface area contributed by atoms with Crippen molar-refractivity contribution in [3.8, 4) is 0 Å². The van der Waals surface area contributed by atoms with E-state index in [2.05, 4.69) is 34.5 Å². The number of urea groups is 1. The van der Waals surface area contributed by atoms with E-state index in [0.717, 1.165) is 45.6 Å². The van der Waals surface area contributed by atoms with Crippen LogP contribution < -0.4 is 5.32 Å². The van der Waals surface area contributed by atoms with E-state index < -0.39 is 0 Å². The van der Waals surface area contributed by atoms with Gasteiger partial charge in [-0.25, -0.2) is 4.79 Å². The molecule has 1 fully saturated rings. The predicted molar refractivity (Wildman–Crippen MR) is 108 cm³/mol. The van der Waals surface area contributed by atoms with E-state index in [4.69, 9.17) is 23.2 Å². The zero-order valence-corrected chi connectivity index (χ0v) is 16.1. The lowest BCUT2D eigenvalue weighted by Crippen LogP contribution is -2.50. The third-order valence-corrected chi connectivity index (χ3v) is 5.16. The molecule has 1 aliphatic heterocycles. The minimum absolute atomic E-state index is 0.113. The van der Waals surface area contributed by atoms with Gasteiger partial charge in [-0.2, -0.15) is 0 Å². The minimum atomic E-state index is -0.113. The highest BCUT2D eigenvalue weighted by Crippen LogP contribution is 2.25. The Hall–Kier alpha value is -1.75. The van der Waals surface area contributed by atoms with Crippen LogP contribution in [-0.4, -0.2) is 48.6 Å². The Morgan fingerprint density at radius 1 is 1.00 bits per heavy atom. The highest BCUT2D eigenvalue weighted by Gasteiger charge is 2.21. The summed E-state index contributed by atoms with van der Waals surface area (Å²) in [6, 6.07) is 15.5. The van der Waals surface area contributed by atoms with E-state index in [0.29, 0.717) is 15.7 Å². The predicted octanol–water partition coefficient (Wildman–Crippen LogP) is 4.78. The molecule has 3 rings (SSSR count). The molecule has 4 nitrogen and oxygen atoms in total. The van der Waals surface area contributed by atoms with Gasteiger partial charge in [0.1, 0.15) is 0 Å². The number of anilines is 1. The van der Waals surface area contributed by atoms with Gasteiger partial charge in [0.2, 0.25) is 0 Å². The van der Waals surface area contributed by atoms with Gasteiger partial charge >= 0.3 is 6.03 Å². The van der Waals surface area contributed by atoms with E-state index in [1.54, 1.807) is 18.2 Å². The fourth-order valence-corrected chi connectivity index (χ4v) is 3.57. The molecule has 0 aliphatic carbocycles. The third-order valence-electron chi connectivity index (χ3n) is 4.61. The standard InChI is InChI=1S/C20H23Cl2N3O/c21-17-8-9-19(18(22)15-17)23-20(26)25-13-11-24(12-14-25)10-4-7-16-5-2-1-3-6-16/h1-3,5-6,8-9,15H,4,7,10-14H2,(H,23,26). The van der Waals surface area contributed by atoms with Crippen LogP contribution in [-0.2, 0) is 6.42 Å². The molecule has 2 aromatic rings. The average Bonchev–Trinajstić information content (AvgIpc) is 2.65. The average molecular weight is 392 g/mol. The fraction of sp³-hybridized carbons (Fsp3) is 0.350. The van der Waals surface area contributed by atoms with Crippen molar-refractivity contribution in [2.24, 2.45) is 0 Å². The number of amides is 2. The van der Waals surface area contributed by atoms with Crippen molar-refractivity contribution in [3.05, 3.63) is 64.1 Å². The van der Waals surface area contributed by atoms with Gasteiger partial charge in [0.15, 0.2) is 0 Å². The molecule has 0 spiro atoms. The van der Waals surface area contributed by atoms with Crippen LogP contribution in [0.3, 0.4) is 0 Å². The number of nitrogens with one attached hydrogen (secondary N) is 1. The van der Waals surface area contributed by atoms with Gasteiger partial charge < -0.3 is 10.2 Å². The van der Waals surface area contributed by atoms with Crippen LogP contribution >= 0.6 is 23.2 Å². The van der Waals surface area contributed by atoms with Crippen LogP contribution in [0.1, 0.15) is 12.0 Å². The van der Waals surface area contributed by atoms with Crippen molar-refractivity contribution in [1.82, 2.24) is 9.80 Å². The van der Waals surface area contributed by atoms with Crippen LogP contribution in [0.25, 0.3) is 0 Å². The Balaban J connectivity index is 1.41. The maximum Gasteiger partial charge on any atom is 0.321 e. The SMILES string of the molecule is O=C(Nc1ccc(Cl)cc1Cl)N1CCN(CCCc2ccccc2)CC1. The minimum Gasteiger partial charge on any atom is -0.322 e. The number of nitrogens with zero attached hydrogens (tertiary/aromatic N) is 2. The fourth-order valence-electron chi connectivity index (χ4n) is 3.11. The Labute approximate surface area is 164 Å². The number of rotatable bonds is 5. The summed E-state index contributed by atoms with van der Waals surface area (Å²) in [5.74, 6) is 0. The van der Waals surface area contributed by atoms with Crippen LogP contribution in [0, 0.1) is 0 Å². The molecule has 2 aromatic carbocycles. The molecule has 0 saturated carbocycles. The molecule has 0 unspecified atom stereocenters. The monoisotopic (exact) mass is 391 g/mol.